The van der Waals surface area contributed by atoms with E-state index < -0.39 is 0 Å². The maximum Gasteiger partial charge on any atom is 0.320 e. The molecule has 0 fully saturated rings. The molecule has 2 aliphatic heterocycles. The van der Waals surface area contributed by atoms with Crippen molar-refractivity contribution in [3.63, 3.8) is 0 Å². The normalized spacial score (nSPS) is 16.3. The lowest BCUT2D eigenvalue weighted by molar-refractivity contribution is -0.110. The minimum Gasteiger partial charge on any atom is -0.320 e. The van der Waals surface area contributed by atoms with E-state index in [1.165, 1.54) is 23.2 Å². The zero-order valence-corrected chi connectivity index (χ0v) is 23.5. The van der Waals surface area contributed by atoms with Gasteiger partial charge in [-0.1, -0.05) is 59.1 Å². The molecule has 3 aromatic carbocycles. The third-order valence-electron chi connectivity index (χ3n) is 6.23. The van der Waals surface area contributed by atoms with Gasteiger partial charge in [-0.25, -0.2) is 0 Å². The summed E-state index contributed by atoms with van der Waals surface area (Å²) in [5, 5.41) is 22.5. The fourth-order valence-electron chi connectivity index (χ4n) is 4.56. The minimum absolute atomic E-state index is 0.0949. The van der Waals surface area contributed by atoms with Crippen molar-refractivity contribution in [3.05, 3.63) is 88.0 Å². The fraction of sp³-hybridized carbons (Fsp3) is 0.143. The highest BCUT2D eigenvalue weighted by molar-refractivity contribution is 8.63. The number of amides is 2. The van der Waals surface area contributed by atoms with Crippen LogP contribution in [0.2, 0.25) is 0 Å². The standard InChI is InChI=1S/C28H25BN6O2S2/c1-16-10-18(3)23-21(12-16)25(27(36)32-23)34-30-14-38-29(20-8-6-5-7-9-20)39-15-31-35-26-22-13-17(2)11-19(4)24(22)33-28(26)37/h5-15H,1-4H3,(H,32,34,36)(H,33,35,37)/b30-14+,31-15+. The van der Waals surface area contributed by atoms with Crippen LogP contribution in [0.1, 0.15) is 33.4 Å². The molecule has 2 N–H and O–H groups in total. The van der Waals surface area contributed by atoms with E-state index in [0.717, 1.165) is 50.2 Å². The number of nitrogens with zero attached hydrogens (tertiary/aromatic N) is 4. The summed E-state index contributed by atoms with van der Waals surface area (Å²) in [6.07, 6.45) is 0. The second-order valence-corrected chi connectivity index (χ2v) is 11.5. The Morgan fingerprint density at radius 3 is 1.62 bits per heavy atom. The maximum absolute atomic E-state index is 12.5. The van der Waals surface area contributed by atoms with Crippen LogP contribution in [0.3, 0.4) is 0 Å². The van der Waals surface area contributed by atoms with Crippen LogP contribution in [0.25, 0.3) is 0 Å². The SMILES string of the molecule is Cc1cc(C)c2c(c1)/C(=N/N=C/SB(S/C=N/N=C1/C(=O)Nc3c(C)cc(C)cc31)c1ccccc1)C(=O)N2. The van der Waals surface area contributed by atoms with Crippen LogP contribution in [0.5, 0.6) is 0 Å². The maximum atomic E-state index is 12.5. The first-order valence-corrected chi connectivity index (χ1v) is 14.1. The van der Waals surface area contributed by atoms with Crippen LogP contribution < -0.4 is 16.1 Å². The van der Waals surface area contributed by atoms with Crippen LogP contribution in [0.4, 0.5) is 11.4 Å². The minimum atomic E-state index is -0.260. The van der Waals surface area contributed by atoms with Gasteiger partial charge in [-0.3, -0.25) is 9.59 Å². The van der Waals surface area contributed by atoms with E-state index in [0.29, 0.717) is 11.4 Å². The first-order chi connectivity index (χ1) is 18.8. The van der Waals surface area contributed by atoms with Gasteiger partial charge in [0.15, 0.2) is 11.4 Å². The summed E-state index contributed by atoms with van der Waals surface area (Å²) in [5.41, 5.74) is 12.1. The van der Waals surface area contributed by atoms with E-state index in [1.807, 2.05) is 82.3 Å². The number of nitrogens with one attached hydrogen (secondary N) is 2. The zero-order valence-electron chi connectivity index (χ0n) is 21.9. The summed E-state index contributed by atoms with van der Waals surface area (Å²) in [5.74, 6) is -0.520. The molecule has 3 aromatic rings. The summed E-state index contributed by atoms with van der Waals surface area (Å²) >= 11 is 2.87. The average molecular weight is 552 g/mol. The van der Waals surface area contributed by atoms with Crippen molar-refractivity contribution >= 4 is 79.7 Å². The molecule has 0 bridgehead atoms. The molecule has 0 spiro atoms. The molecule has 2 heterocycles. The van der Waals surface area contributed by atoms with E-state index in [9.17, 15) is 9.59 Å². The van der Waals surface area contributed by atoms with E-state index >= 15 is 0 Å². The molecule has 39 heavy (non-hydrogen) atoms. The molecule has 0 radical (unpaired) electrons. The molecule has 0 aromatic heterocycles. The molecule has 5 rings (SSSR count). The number of carbonyl (C=O) groups excluding carboxylic acids is 2. The summed E-state index contributed by atoms with van der Waals surface area (Å²) in [6.45, 7) is 7.89. The van der Waals surface area contributed by atoms with Gasteiger partial charge in [0.05, 0.1) is 22.5 Å². The topological polar surface area (TPSA) is 108 Å². The molecule has 11 heteroatoms. The van der Waals surface area contributed by atoms with E-state index in [1.54, 1.807) is 11.1 Å². The Morgan fingerprint density at radius 2 is 1.15 bits per heavy atom. The number of carbonyl (C=O) groups is 2. The van der Waals surface area contributed by atoms with Crippen LogP contribution >= 0.6 is 23.2 Å². The highest BCUT2D eigenvalue weighted by atomic mass is 32.2. The predicted octanol–water partition coefficient (Wildman–Crippen LogP) is 4.85. The second kappa shape index (κ2) is 11.4. The monoisotopic (exact) mass is 552 g/mol. The molecule has 2 amide bonds. The third-order valence-corrected chi connectivity index (χ3v) is 8.36. The van der Waals surface area contributed by atoms with Gasteiger partial charge in [0, 0.05) is 11.1 Å². The molecule has 0 saturated heterocycles. The van der Waals surface area contributed by atoms with Gasteiger partial charge in [0.1, 0.15) is 0 Å². The van der Waals surface area contributed by atoms with Crippen molar-refractivity contribution in [3.8, 4) is 0 Å². The van der Waals surface area contributed by atoms with Crippen molar-refractivity contribution in [1.29, 1.82) is 0 Å². The zero-order chi connectivity index (χ0) is 27.5. The van der Waals surface area contributed by atoms with Gasteiger partial charge in [-0.05, 0) is 51.0 Å². The van der Waals surface area contributed by atoms with E-state index in [4.69, 9.17) is 0 Å². The van der Waals surface area contributed by atoms with Crippen LogP contribution in [0.15, 0.2) is 75.0 Å². The number of rotatable bonds is 7. The summed E-state index contributed by atoms with van der Waals surface area (Å²) in [6, 6.07) is 17.8. The Labute approximate surface area is 235 Å². The predicted molar refractivity (Wildman–Crippen MR) is 166 cm³/mol. The highest BCUT2D eigenvalue weighted by Gasteiger charge is 2.29. The van der Waals surface area contributed by atoms with Crippen molar-refractivity contribution in [2.24, 2.45) is 20.4 Å². The molecular weight excluding hydrogens is 527 g/mol. The second-order valence-electron chi connectivity index (χ2n) is 9.27. The Bertz CT molecular complexity index is 1500. The van der Waals surface area contributed by atoms with Crippen molar-refractivity contribution in [2.45, 2.75) is 27.7 Å². The Kier molecular flexibility index (Phi) is 7.80. The third kappa shape index (κ3) is 5.74. The lowest BCUT2D eigenvalue weighted by Crippen LogP contribution is -2.23. The molecule has 0 aliphatic carbocycles. The average Bonchev–Trinajstić information content (AvgIpc) is 3.39. The van der Waals surface area contributed by atoms with Gasteiger partial charge >= 0.3 is 5.27 Å². The van der Waals surface area contributed by atoms with Crippen molar-refractivity contribution < 1.29 is 9.59 Å². The lowest BCUT2D eigenvalue weighted by atomic mass is 9.93. The van der Waals surface area contributed by atoms with Crippen molar-refractivity contribution in [1.82, 2.24) is 0 Å². The quantitative estimate of drug-likeness (QED) is 0.189. The number of anilines is 2. The largest absolute Gasteiger partial charge is 0.320 e. The van der Waals surface area contributed by atoms with Gasteiger partial charge in [0.25, 0.3) is 11.8 Å². The first-order valence-electron chi connectivity index (χ1n) is 12.2. The Hall–Kier alpha value is -3.96. The van der Waals surface area contributed by atoms with Gasteiger partial charge in [0.2, 0.25) is 0 Å². The van der Waals surface area contributed by atoms with Gasteiger partial charge in [-0.2, -0.15) is 10.2 Å². The van der Waals surface area contributed by atoms with Crippen LogP contribution in [-0.4, -0.2) is 39.6 Å². The Morgan fingerprint density at radius 1 is 0.692 bits per heavy atom. The smallest absolute Gasteiger partial charge is 0.320 e. The number of benzene rings is 3. The van der Waals surface area contributed by atoms with Crippen LogP contribution in [-0.2, 0) is 9.59 Å². The molecule has 194 valence electrons. The van der Waals surface area contributed by atoms with Crippen LogP contribution in [0, 0.1) is 27.7 Å². The summed E-state index contributed by atoms with van der Waals surface area (Å²) in [4.78, 5) is 25.0. The first kappa shape index (κ1) is 26.6. The van der Waals surface area contributed by atoms with Crippen molar-refractivity contribution in [2.75, 3.05) is 10.6 Å². The molecule has 0 saturated carbocycles. The summed E-state index contributed by atoms with van der Waals surface area (Å²) in [7, 11) is 0. The highest BCUT2D eigenvalue weighted by Crippen LogP contribution is 2.30. The summed E-state index contributed by atoms with van der Waals surface area (Å²) < 4.78 is 0. The molecule has 2 aliphatic rings. The molecule has 0 unspecified atom stereocenters. The lowest BCUT2D eigenvalue weighted by Gasteiger charge is -2.07. The van der Waals surface area contributed by atoms with E-state index in [-0.39, 0.29) is 17.1 Å². The fourth-order valence-corrected chi connectivity index (χ4v) is 6.16. The molecular formula is C28H25BN6O2S2. The van der Waals surface area contributed by atoms with Gasteiger partial charge < -0.3 is 10.6 Å². The number of hydrogen-bond donors (Lipinski definition) is 2. The van der Waals surface area contributed by atoms with Gasteiger partial charge in [-0.15, -0.1) is 33.4 Å². The Balaban J connectivity index is 1.32. The number of fused-ring (bicyclic) bond motifs is 2. The van der Waals surface area contributed by atoms with E-state index in [2.05, 4.69) is 31.0 Å². The number of aryl methyl sites for hydroxylation is 4. The number of hydrogen-bond acceptors (Lipinski definition) is 8. The molecule has 8 nitrogen and oxygen atoms in total. The molecule has 0 atom stereocenters.